The average Bonchev–Trinajstić information content (AvgIpc) is 2.29. The monoisotopic (exact) mass is 206 g/mol. The molecule has 1 aromatic carbocycles. The van der Waals surface area contributed by atoms with Crippen LogP contribution in [0.25, 0.3) is 0 Å². The van der Waals surface area contributed by atoms with E-state index in [0.717, 1.165) is 25.2 Å². The van der Waals surface area contributed by atoms with Crippen LogP contribution in [0.5, 0.6) is 5.75 Å². The molecule has 0 saturated heterocycles. The van der Waals surface area contributed by atoms with E-state index in [1.54, 1.807) is 6.54 Å². The molecule has 0 aliphatic carbocycles. The topological polar surface area (TPSA) is 35.2 Å². The van der Waals surface area contributed by atoms with E-state index in [9.17, 15) is 0 Å². The van der Waals surface area contributed by atoms with Gasteiger partial charge in [0.2, 0.25) is 0 Å². The maximum atomic E-state index is 5.58. The first-order chi connectivity index (χ1) is 7.43. The zero-order valence-electron chi connectivity index (χ0n) is 9.19. The van der Waals surface area contributed by atoms with Crippen LogP contribution in [0.3, 0.4) is 0 Å². The number of para-hydroxylation sites is 1. The molecule has 1 radical (unpaired) electrons. The molecule has 1 rings (SSSR count). The van der Waals surface area contributed by atoms with Gasteiger partial charge in [-0.05, 0) is 25.0 Å². The Morgan fingerprint density at radius 1 is 1.00 bits per heavy atom. The number of unbranched alkanes of at least 4 members (excludes halogenated alkanes) is 4. The third-order valence-electron chi connectivity index (χ3n) is 2.28. The minimum atomic E-state index is 0.816. The molecule has 0 fully saturated rings. The Kier molecular flexibility index (Phi) is 6.67. The number of rotatable bonds is 8. The molecule has 0 unspecified atom stereocenters. The predicted octanol–water partition coefficient (Wildman–Crippen LogP) is 3.14. The quantitative estimate of drug-likeness (QED) is 0.663. The maximum absolute atomic E-state index is 5.58. The van der Waals surface area contributed by atoms with Gasteiger partial charge in [0.25, 0.3) is 0 Å². The summed E-state index contributed by atoms with van der Waals surface area (Å²) < 4.78 is 5.58. The fourth-order valence-electron chi connectivity index (χ4n) is 1.42. The largest absolute Gasteiger partial charge is 0.494 e. The molecule has 2 N–H and O–H groups in total. The number of nitrogens with two attached hydrogens (primary N) is 1. The molecular formula is C13H20NO. The summed E-state index contributed by atoms with van der Waals surface area (Å²) in [6.45, 7) is 2.55. The minimum absolute atomic E-state index is 0.816. The lowest BCUT2D eigenvalue weighted by Crippen LogP contribution is -1.97. The first-order valence-electron chi connectivity index (χ1n) is 5.65. The standard InChI is InChI=1S/C13H20NO/c14-11-7-2-1-3-8-12-15-13-9-5-4-6-10-13/h4-6,9-11H,1-3,7-8,12,14H2. The normalized spacial score (nSPS) is 10.2. The van der Waals surface area contributed by atoms with Crippen LogP contribution >= 0.6 is 0 Å². The molecule has 0 atom stereocenters. The first kappa shape index (κ1) is 12.1. The second kappa shape index (κ2) is 8.30. The van der Waals surface area contributed by atoms with Gasteiger partial charge in [-0.25, -0.2) is 0 Å². The third-order valence-corrected chi connectivity index (χ3v) is 2.28. The van der Waals surface area contributed by atoms with Crippen molar-refractivity contribution in [2.45, 2.75) is 32.1 Å². The fraction of sp³-hybridized carbons (Fsp3) is 0.462. The lowest BCUT2D eigenvalue weighted by Gasteiger charge is -2.05. The Labute approximate surface area is 92.4 Å². The molecule has 0 bridgehead atoms. The lowest BCUT2D eigenvalue weighted by molar-refractivity contribution is 0.304. The van der Waals surface area contributed by atoms with Crippen LogP contribution < -0.4 is 10.5 Å². The van der Waals surface area contributed by atoms with Crippen LogP contribution in [0.2, 0.25) is 0 Å². The van der Waals surface area contributed by atoms with E-state index in [-0.39, 0.29) is 0 Å². The number of ether oxygens (including phenoxy) is 1. The average molecular weight is 206 g/mol. The van der Waals surface area contributed by atoms with E-state index >= 15 is 0 Å². The smallest absolute Gasteiger partial charge is 0.119 e. The predicted molar refractivity (Wildman–Crippen MR) is 63.5 cm³/mol. The summed E-state index contributed by atoms with van der Waals surface area (Å²) in [5.41, 5.74) is 5.30. The van der Waals surface area contributed by atoms with E-state index < -0.39 is 0 Å². The van der Waals surface area contributed by atoms with Crippen molar-refractivity contribution in [1.82, 2.24) is 0 Å². The molecule has 0 aromatic heterocycles. The molecule has 0 spiro atoms. The first-order valence-corrected chi connectivity index (χ1v) is 5.65. The van der Waals surface area contributed by atoms with Gasteiger partial charge in [-0.15, -0.1) is 0 Å². The van der Waals surface area contributed by atoms with Crippen molar-refractivity contribution in [1.29, 1.82) is 0 Å². The van der Waals surface area contributed by atoms with Crippen molar-refractivity contribution in [3.05, 3.63) is 36.9 Å². The number of hydrogen-bond acceptors (Lipinski definition) is 2. The van der Waals surface area contributed by atoms with E-state index in [0.29, 0.717) is 0 Å². The fourth-order valence-corrected chi connectivity index (χ4v) is 1.42. The van der Waals surface area contributed by atoms with Crippen molar-refractivity contribution in [3.63, 3.8) is 0 Å². The van der Waals surface area contributed by atoms with Gasteiger partial charge in [-0.1, -0.05) is 37.5 Å². The van der Waals surface area contributed by atoms with E-state index in [4.69, 9.17) is 10.5 Å². The Bertz CT molecular complexity index is 236. The molecule has 0 aliphatic rings. The molecular weight excluding hydrogens is 186 g/mol. The Balaban J connectivity index is 1.93. The third kappa shape index (κ3) is 6.13. The molecule has 2 nitrogen and oxygen atoms in total. The van der Waals surface area contributed by atoms with Crippen molar-refractivity contribution in [3.8, 4) is 5.75 Å². The van der Waals surface area contributed by atoms with Gasteiger partial charge in [0.05, 0.1) is 6.61 Å². The number of hydrogen-bond donors (Lipinski definition) is 1. The van der Waals surface area contributed by atoms with Crippen LogP contribution in [0.1, 0.15) is 32.1 Å². The zero-order chi connectivity index (χ0) is 10.8. The SMILES string of the molecule is N[CH]CCCCCCOc1ccccc1. The lowest BCUT2D eigenvalue weighted by atomic mass is 10.1. The summed E-state index contributed by atoms with van der Waals surface area (Å²) in [6, 6.07) is 9.96. The van der Waals surface area contributed by atoms with Crippen LogP contribution in [0.4, 0.5) is 0 Å². The Hall–Kier alpha value is -1.02. The van der Waals surface area contributed by atoms with E-state index in [2.05, 4.69) is 0 Å². The summed E-state index contributed by atoms with van der Waals surface area (Å²) >= 11 is 0. The zero-order valence-corrected chi connectivity index (χ0v) is 9.19. The molecule has 15 heavy (non-hydrogen) atoms. The molecule has 0 saturated carbocycles. The van der Waals surface area contributed by atoms with Crippen molar-refractivity contribution in [2.24, 2.45) is 5.73 Å². The van der Waals surface area contributed by atoms with Gasteiger partial charge in [-0.2, -0.15) is 0 Å². The summed E-state index contributed by atoms with van der Waals surface area (Å²) in [5, 5.41) is 0. The minimum Gasteiger partial charge on any atom is -0.494 e. The van der Waals surface area contributed by atoms with Crippen LogP contribution in [-0.4, -0.2) is 6.61 Å². The highest BCUT2D eigenvalue weighted by atomic mass is 16.5. The number of benzene rings is 1. The van der Waals surface area contributed by atoms with E-state index in [1.165, 1.54) is 19.3 Å². The van der Waals surface area contributed by atoms with E-state index in [1.807, 2.05) is 30.3 Å². The van der Waals surface area contributed by atoms with Gasteiger partial charge >= 0.3 is 0 Å². The summed E-state index contributed by atoms with van der Waals surface area (Å²) in [4.78, 5) is 0. The maximum Gasteiger partial charge on any atom is 0.119 e. The van der Waals surface area contributed by atoms with Gasteiger partial charge < -0.3 is 10.5 Å². The van der Waals surface area contributed by atoms with Crippen molar-refractivity contribution in [2.75, 3.05) is 6.61 Å². The Morgan fingerprint density at radius 2 is 1.73 bits per heavy atom. The summed E-state index contributed by atoms with van der Waals surface area (Å²) in [7, 11) is 0. The molecule has 0 amide bonds. The highest BCUT2D eigenvalue weighted by molar-refractivity contribution is 5.20. The second-order valence-electron chi connectivity index (χ2n) is 3.60. The molecule has 0 heterocycles. The van der Waals surface area contributed by atoms with Crippen molar-refractivity contribution < 1.29 is 4.74 Å². The molecule has 2 heteroatoms. The van der Waals surface area contributed by atoms with Crippen molar-refractivity contribution >= 4 is 0 Å². The van der Waals surface area contributed by atoms with Gasteiger partial charge in [0.1, 0.15) is 5.75 Å². The van der Waals surface area contributed by atoms with Gasteiger partial charge in [0, 0.05) is 6.54 Å². The highest BCUT2D eigenvalue weighted by Gasteiger charge is 1.92. The second-order valence-corrected chi connectivity index (χ2v) is 3.60. The molecule has 83 valence electrons. The molecule has 1 aromatic rings. The van der Waals surface area contributed by atoms with Crippen LogP contribution in [-0.2, 0) is 0 Å². The summed E-state index contributed by atoms with van der Waals surface area (Å²) in [6.07, 6.45) is 5.81. The van der Waals surface area contributed by atoms with Gasteiger partial charge in [0.15, 0.2) is 0 Å². The van der Waals surface area contributed by atoms with Gasteiger partial charge in [-0.3, -0.25) is 0 Å². The van der Waals surface area contributed by atoms with Crippen LogP contribution in [0.15, 0.2) is 30.3 Å². The molecule has 0 aliphatic heterocycles. The van der Waals surface area contributed by atoms with Crippen LogP contribution in [0, 0.1) is 6.54 Å². The highest BCUT2D eigenvalue weighted by Crippen LogP contribution is 2.10. The Morgan fingerprint density at radius 3 is 2.47 bits per heavy atom. The summed E-state index contributed by atoms with van der Waals surface area (Å²) in [5.74, 6) is 0.966.